The molecule has 0 bridgehead atoms. The van der Waals surface area contributed by atoms with Crippen LogP contribution in [-0.4, -0.2) is 47.9 Å². The molecule has 7 heteroatoms. The van der Waals surface area contributed by atoms with Crippen LogP contribution in [0.15, 0.2) is 12.1 Å². The summed E-state index contributed by atoms with van der Waals surface area (Å²) in [6.07, 6.45) is 0. The van der Waals surface area contributed by atoms with Crippen molar-refractivity contribution < 1.29 is 19.5 Å². The lowest BCUT2D eigenvalue weighted by atomic mass is 10.4. The maximum atomic E-state index is 11.6. The Morgan fingerprint density at radius 2 is 1.94 bits per heavy atom. The van der Waals surface area contributed by atoms with E-state index >= 15 is 0 Å². The predicted octanol–water partition coefficient (Wildman–Crippen LogP) is 0.654. The molecule has 2 amide bonds. The molecule has 0 spiro atoms. The number of carbonyl (C=O) groups excluding carboxylic acids is 2. The number of nitrogens with one attached hydrogen (secondary N) is 1. The third-order valence-corrected chi connectivity index (χ3v) is 3.41. The van der Waals surface area contributed by atoms with Crippen LogP contribution in [0.5, 0.6) is 0 Å². The summed E-state index contributed by atoms with van der Waals surface area (Å²) in [7, 11) is 1.64. The summed E-state index contributed by atoms with van der Waals surface area (Å²) in [4.78, 5) is 35.6. The van der Waals surface area contributed by atoms with Crippen LogP contribution >= 0.6 is 11.3 Å². The molecule has 0 aliphatic heterocycles. The van der Waals surface area contributed by atoms with Crippen molar-refractivity contribution >= 4 is 29.1 Å². The summed E-state index contributed by atoms with van der Waals surface area (Å²) in [6.45, 7) is 2.30. The van der Waals surface area contributed by atoms with Gasteiger partial charge in [-0.3, -0.25) is 9.59 Å². The monoisotopic (exact) mass is 270 g/mol. The number of thiophene rings is 1. The molecule has 98 valence electrons. The largest absolute Gasteiger partial charge is 0.477 e. The Morgan fingerprint density at radius 1 is 1.33 bits per heavy atom. The number of hydrogen-bond acceptors (Lipinski definition) is 4. The number of aromatic carboxylic acids is 1. The quantitative estimate of drug-likeness (QED) is 0.822. The Labute approximate surface area is 108 Å². The van der Waals surface area contributed by atoms with Crippen LogP contribution in [0, 0.1) is 0 Å². The van der Waals surface area contributed by atoms with Gasteiger partial charge in [-0.25, -0.2) is 4.79 Å². The van der Waals surface area contributed by atoms with Crippen molar-refractivity contribution in [3.05, 3.63) is 21.9 Å². The summed E-state index contributed by atoms with van der Waals surface area (Å²) < 4.78 is 0. The van der Waals surface area contributed by atoms with E-state index in [-0.39, 0.29) is 22.2 Å². The Hall–Kier alpha value is -1.89. The number of carboxylic acids is 1. The molecular weight excluding hydrogens is 256 g/mol. The topological polar surface area (TPSA) is 86.7 Å². The Morgan fingerprint density at radius 3 is 2.44 bits per heavy atom. The molecule has 0 radical (unpaired) electrons. The zero-order valence-electron chi connectivity index (χ0n) is 10.1. The second kappa shape index (κ2) is 6.15. The van der Waals surface area contributed by atoms with Crippen LogP contribution in [0.2, 0.25) is 0 Å². The first-order chi connectivity index (χ1) is 8.45. The molecule has 1 aromatic heterocycles. The normalized spacial score (nSPS) is 9.89. The lowest BCUT2D eigenvalue weighted by Gasteiger charge is -2.14. The lowest BCUT2D eigenvalue weighted by molar-refractivity contribution is -0.128. The van der Waals surface area contributed by atoms with E-state index in [1.54, 1.807) is 7.05 Å². The highest BCUT2D eigenvalue weighted by atomic mass is 32.1. The third-order valence-electron chi connectivity index (χ3n) is 2.34. The van der Waals surface area contributed by atoms with Gasteiger partial charge in [0.15, 0.2) is 0 Å². The number of likely N-dealkylation sites (N-methyl/N-ethyl adjacent to an activating group) is 1. The molecule has 1 rings (SSSR count). The minimum Gasteiger partial charge on any atom is -0.477 e. The molecule has 6 nitrogen and oxygen atoms in total. The molecule has 0 saturated heterocycles. The van der Waals surface area contributed by atoms with Crippen molar-refractivity contribution in [3.63, 3.8) is 0 Å². The highest BCUT2D eigenvalue weighted by molar-refractivity contribution is 7.15. The lowest BCUT2D eigenvalue weighted by Crippen LogP contribution is -2.37. The van der Waals surface area contributed by atoms with Crippen molar-refractivity contribution in [2.75, 3.05) is 20.1 Å². The van der Waals surface area contributed by atoms with E-state index < -0.39 is 11.9 Å². The number of carbonyl (C=O) groups is 3. The highest BCUT2D eigenvalue weighted by Crippen LogP contribution is 2.15. The van der Waals surface area contributed by atoms with Gasteiger partial charge in [-0.1, -0.05) is 0 Å². The molecule has 0 saturated carbocycles. The van der Waals surface area contributed by atoms with Gasteiger partial charge >= 0.3 is 5.97 Å². The maximum absolute atomic E-state index is 11.6. The Balaban J connectivity index is 2.55. The summed E-state index contributed by atoms with van der Waals surface area (Å²) in [5.74, 6) is -1.70. The third kappa shape index (κ3) is 3.56. The van der Waals surface area contributed by atoms with Crippen LogP contribution in [0.4, 0.5) is 0 Å². The zero-order chi connectivity index (χ0) is 13.7. The fourth-order valence-corrected chi connectivity index (χ4v) is 1.89. The van der Waals surface area contributed by atoms with Gasteiger partial charge in [0.25, 0.3) is 5.91 Å². The standard InChI is InChI=1S/C11H14N2O4S/c1-3-13(2)9(14)6-12-10(15)7-4-5-8(18-7)11(16)17/h4-5H,3,6H2,1-2H3,(H,12,15)(H,16,17). The van der Waals surface area contributed by atoms with Gasteiger partial charge in [0, 0.05) is 13.6 Å². The molecule has 0 unspecified atom stereocenters. The minimum atomic E-state index is -1.07. The average Bonchev–Trinajstić information content (AvgIpc) is 2.84. The van der Waals surface area contributed by atoms with Crippen LogP contribution in [0.3, 0.4) is 0 Å². The summed E-state index contributed by atoms with van der Waals surface area (Å²) in [5.41, 5.74) is 0. The van der Waals surface area contributed by atoms with E-state index in [0.29, 0.717) is 6.54 Å². The summed E-state index contributed by atoms with van der Waals surface area (Å²) >= 11 is 0.878. The van der Waals surface area contributed by atoms with Gasteiger partial charge in [-0.15, -0.1) is 11.3 Å². The summed E-state index contributed by atoms with van der Waals surface area (Å²) in [6, 6.07) is 2.79. The van der Waals surface area contributed by atoms with E-state index in [1.807, 2.05) is 6.92 Å². The van der Waals surface area contributed by atoms with E-state index in [4.69, 9.17) is 5.11 Å². The average molecular weight is 270 g/mol. The molecule has 1 aromatic rings. The maximum Gasteiger partial charge on any atom is 0.345 e. The first-order valence-corrected chi connectivity index (χ1v) is 6.12. The second-order valence-corrected chi connectivity index (χ2v) is 4.64. The van der Waals surface area contributed by atoms with Crippen LogP contribution in [-0.2, 0) is 4.79 Å². The van der Waals surface area contributed by atoms with Gasteiger partial charge in [0.05, 0.1) is 11.4 Å². The van der Waals surface area contributed by atoms with Gasteiger partial charge in [0.1, 0.15) is 4.88 Å². The van der Waals surface area contributed by atoms with E-state index in [9.17, 15) is 14.4 Å². The van der Waals surface area contributed by atoms with Crippen molar-refractivity contribution in [1.82, 2.24) is 10.2 Å². The first kappa shape index (κ1) is 14.2. The number of nitrogens with zero attached hydrogens (tertiary/aromatic N) is 1. The SMILES string of the molecule is CCN(C)C(=O)CNC(=O)c1ccc(C(=O)O)s1. The molecule has 0 atom stereocenters. The molecule has 0 aliphatic carbocycles. The van der Waals surface area contributed by atoms with Crippen LogP contribution < -0.4 is 5.32 Å². The van der Waals surface area contributed by atoms with Crippen molar-refractivity contribution in [1.29, 1.82) is 0 Å². The number of amides is 2. The molecular formula is C11H14N2O4S. The molecule has 18 heavy (non-hydrogen) atoms. The number of rotatable bonds is 5. The second-order valence-electron chi connectivity index (χ2n) is 3.56. The van der Waals surface area contributed by atoms with E-state index in [0.717, 1.165) is 11.3 Å². The van der Waals surface area contributed by atoms with Crippen LogP contribution in [0.25, 0.3) is 0 Å². The van der Waals surface area contributed by atoms with E-state index in [1.165, 1.54) is 17.0 Å². The number of hydrogen-bond donors (Lipinski definition) is 2. The minimum absolute atomic E-state index is 0.0938. The van der Waals surface area contributed by atoms with Crippen molar-refractivity contribution in [2.24, 2.45) is 0 Å². The molecule has 0 aliphatic rings. The molecule has 0 fully saturated rings. The Kier molecular flexibility index (Phi) is 4.85. The Bertz CT molecular complexity index is 469. The first-order valence-electron chi connectivity index (χ1n) is 5.31. The van der Waals surface area contributed by atoms with Gasteiger partial charge in [-0.05, 0) is 19.1 Å². The predicted molar refractivity (Wildman–Crippen MR) is 66.9 cm³/mol. The van der Waals surface area contributed by atoms with Gasteiger partial charge in [0.2, 0.25) is 5.91 Å². The molecule has 2 N–H and O–H groups in total. The highest BCUT2D eigenvalue weighted by Gasteiger charge is 2.14. The molecule has 1 heterocycles. The summed E-state index contributed by atoms with van der Waals surface area (Å²) in [5, 5.41) is 11.2. The fraction of sp³-hybridized carbons (Fsp3) is 0.364. The van der Waals surface area contributed by atoms with Crippen molar-refractivity contribution in [3.8, 4) is 0 Å². The van der Waals surface area contributed by atoms with E-state index in [2.05, 4.69) is 5.32 Å². The fourth-order valence-electron chi connectivity index (χ4n) is 1.13. The number of carboxylic acid groups (broad SMARTS) is 1. The van der Waals surface area contributed by atoms with Crippen LogP contribution in [0.1, 0.15) is 26.3 Å². The smallest absolute Gasteiger partial charge is 0.345 e. The molecule has 0 aromatic carbocycles. The van der Waals surface area contributed by atoms with Gasteiger partial charge in [-0.2, -0.15) is 0 Å². The zero-order valence-corrected chi connectivity index (χ0v) is 10.9. The van der Waals surface area contributed by atoms with Crippen molar-refractivity contribution in [2.45, 2.75) is 6.92 Å². The van der Waals surface area contributed by atoms with Gasteiger partial charge < -0.3 is 15.3 Å².